The molecule has 0 spiro atoms. The molecule has 2 atom stereocenters. The zero-order chi connectivity index (χ0) is 14.5. The Labute approximate surface area is 120 Å². The minimum absolute atomic E-state index is 0.236. The Hall–Kier alpha value is -1.81. The van der Waals surface area contributed by atoms with Gasteiger partial charge in [0, 0.05) is 29.7 Å². The number of benzene rings is 1. The molecule has 0 aliphatic carbocycles. The van der Waals surface area contributed by atoms with Crippen molar-refractivity contribution in [2.45, 2.75) is 38.8 Å². The maximum Gasteiger partial charge on any atom is 0.121 e. The first kappa shape index (κ1) is 14.6. The van der Waals surface area contributed by atoms with Crippen LogP contribution < -0.4 is 15.8 Å². The zero-order valence-electron chi connectivity index (χ0n) is 12.4. The van der Waals surface area contributed by atoms with Gasteiger partial charge >= 0.3 is 0 Å². The summed E-state index contributed by atoms with van der Waals surface area (Å²) in [6, 6.07) is 8.56. The van der Waals surface area contributed by atoms with E-state index in [1.54, 1.807) is 7.11 Å². The van der Waals surface area contributed by atoms with Gasteiger partial charge in [-0.25, -0.2) is 0 Å². The second-order valence-electron chi connectivity index (χ2n) is 5.35. The van der Waals surface area contributed by atoms with E-state index in [-0.39, 0.29) is 6.04 Å². The molecule has 3 N–H and O–H groups in total. The molecule has 2 aromatic rings. The van der Waals surface area contributed by atoms with E-state index in [0.29, 0.717) is 6.04 Å². The largest absolute Gasteiger partial charge is 0.497 e. The Kier molecular flexibility index (Phi) is 4.79. The third-order valence-corrected chi connectivity index (χ3v) is 3.37. The summed E-state index contributed by atoms with van der Waals surface area (Å²) in [5.74, 6) is 0.840. The van der Waals surface area contributed by atoms with Crippen LogP contribution in [0.2, 0.25) is 0 Å². The van der Waals surface area contributed by atoms with Crippen LogP contribution in [0.5, 0.6) is 5.75 Å². The van der Waals surface area contributed by atoms with Crippen molar-refractivity contribution >= 4 is 16.6 Å². The number of hydrogen-bond donors (Lipinski definition) is 2. The van der Waals surface area contributed by atoms with Gasteiger partial charge < -0.3 is 15.8 Å². The van der Waals surface area contributed by atoms with Crippen molar-refractivity contribution in [2.75, 3.05) is 12.4 Å². The molecule has 20 heavy (non-hydrogen) atoms. The smallest absolute Gasteiger partial charge is 0.121 e. The van der Waals surface area contributed by atoms with Crippen LogP contribution in [0.15, 0.2) is 30.5 Å². The van der Waals surface area contributed by atoms with E-state index in [1.165, 1.54) is 0 Å². The van der Waals surface area contributed by atoms with Crippen molar-refractivity contribution in [1.82, 2.24) is 4.98 Å². The molecule has 1 heterocycles. The highest BCUT2D eigenvalue weighted by Gasteiger charge is 2.09. The van der Waals surface area contributed by atoms with Gasteiger partial charge in [-0.3, -0.25) is 4.98 Å². The average Bonchev–Trinajstić information content (AvgIpc) is 2.45. The van der Waals surface area contributed by atoms with E-state index >= 15 is 0 Å². The maximum absolute atomic E-state index is 5.81. The average molecular weight is 273 g/mol. The summed E-state index contributed by atoms with van der Waals surface area (Å²) in [4.78, 5) is 4.46. The summed E-state index contributed by atoms with van der Waals surface area (Å²) < 4.78 is 5.35. The molecule has 0 bridgehead atoms. The van der Waals surface area contributed by atoms with Gasteiger partial charge in [-0.1, -0.05) is 6.07 Å². The van der Waals surface area contributed by atoms with E-state index in [1.807, 2.05) is 37.4 Å². The van der Waals surface area contributed by atoms with Crippen LogP contribution in [0, 0.1) is 0 Å². The fourth-order valence-corrected chi connectivity index (χ4v) is 2.24. The number of aromatic nitrogens is 1. The fourth-order valence-electron chi connectivity index (χ4n) is 2.24. The molecule has 0 aliphatic heterocycles. The first-order valence-electron chi connectivity index (χ1n) is 7.05. The van der Waals surface area contributed by atoms with Crippen LogP contribution in [0.1, 0.15) is 26.7 Å². The van der Waals surface area contributed by atoms with Crippen molar-refractivity contribution in [3.05, 3.63) is 30.5 Å². The van der Waals surface area contributed by atoms with E-state index in [0.717, 1.165) is 35.2 Å². The number of nitrogens with zero attached hydrogens (tertiary/aromatic N) is 1. The molecule has 0 saturated heterocycles. The third-order valence-electron chi connectivity index (χ3n) is 3.37. The highest BCUT2D eigenvalue weighted by atomic mass is 16.5. The molecular formula is C16H23N3O. The number of anilines is 1. The van der Waals surface area contributed by atoms with Crippen molar-refractivity contribution in [3.8, 4) is 5.75 Å². The zero-order valence-corrected chi connectivity index (χ0v) is 12.4. The Balaban J connectivity index is 2.23. The van der Waals surface area contributed by atoms with Gasteiger partial charge in [-0.2, -0.15) is 0 Å². The SMILES string of the molecule is COc1cc(N[C@H](C)CCC(C)N)c2ncccc2c1. The molecule has 1 unspecified atom stereocenters. The molecule has 0 fully saturated rings. The van der Waals surface area contributed by atoms with Crippen molar-refractivity contribution in [2.24, 2.45) is 5.73 Å². The highest BCUT2D eigenvalue weighted by molar-refractivity contribution is 5.91. The van der Waals surface area contributed by atoms with E-state index in [4.69, 9.17) is 10.5 Å². The molecule has 4 nitrogen and oxygen atoms in total. The van der Waals surface area contributed by atoms with Crippen LogP contribution in [0.4, 0.5) is 5.69 Å². The van der Waals surface area contributed by atoms with Gasteiger partial charge in [0.2, 0.25) is 0 Å². The lowest BCUT2D eigenvalue weighted by molar-refractivity contribution is 0.415. The lowest BCUT2D eigenvalue weighted by atomic mass is 10.1. The molecule has 1 aromatic heterocycles. The Morgan fingerprint density at radius 3 is 2.80 bits per heavy atom. The van der Waals surface area contributed by atoms with E-state index in [2.05, 4.69) is 17.2 Å². The number of fused-ring (bicyclic) bond motifs is 1. The van der Waals surface area contributed by atoms with Crippen LogP contribution in [0.25, 0.3) is 10.9 Å². The van der Waals surface area contributed by atoms with Crippen LogP contribution >= 0.6 is 0 Å². The van der Waals surface area contributed by atoms with Crippen molar-refractivity contribution < 1.29 is 4.74 Å². The summed E-state index contributed by atoms with van der Waals surface area (Å²) >= 11 is 0. The molecule has 0 radical (unpaired) electrons. The van der Waals surface area contributed by atoms with Crippen LogP contribution in [0.3, 0.4) is 0 Å². The Morgan fingerprint density at radius 2 is 2.10 bits per heavy atom. The number of rotatable bonds is 6. The summed E-state index contributed by atoms with van der Waals surface area (Å²) in [6.45, 7) is 4.20. The lowest BCUT2D eigenvalue weighted by Gasteiger charge is -2.18. The lowest BCUT2D eigenvalue weighted by Crippen LogP contribution is -2.21. The molecule has 1 aromatic carbocycles. The van der Waals surface area contributed by atoms with Crippen LogP contribution in [-0.4, -0.2) is 24.2 Å². The van der Waals surface area contributed by atoms with Crippen LogP contribution in [-0.2, 0) is 0 Å². The monoisotopic (exact) mass is 273 g/mol. The number of nitrogens with one attached hydrogen (secondary N) is 1. The van der Waals surface area contributed by atoms with Crippen molar-refractivity contribution in [3.63, 3.8) is 0 Å². The van der Waals surface area contributed by atoms with Gasteiger partial charge in [-0.05, 0) is 38.8 Å². The normalized spacial score (nSPS) is 14.0. The van der Waals surface area contributed by atoms with Gasteiger partial charge in [0.1, 0.15) is 5.75 Å². The molecular weight excluding hydrogens is 250 g/mol. The highest BCUT2D eigenvalue weighted by Crippen LogP contribution is 2.28. The predicted molar refractivity (Wildman–Crippen MR) is 84.3 cm³/mol. The first-order chi connectivity index (χ1) is 9.60. The number of methoxy groups -OCH3 is 1. The second kappa shape index (κ2) is 6.57. The Bertz CT molecular complexity index is 569. The minimum Gasteiger partial charge on any atom is -0.497 e. The summed E-state index contributed by atoms with van der Waals surface area (Å²) in [5, 5.41) is 4.59. The summed E-state index contributed by atoms with van der Waals surface area (Å²) in [5.41, 5.74) is 7.79. The molecule has 0 saturated carbocycles. The van der Waals surface area contributed by atoms with E-state index < -0.39 is 0 Å². The summed E-state index contributed by atoms with van der Waals surface area (Å²) in [6.07, 6.45) is 3.85. The number of ether oxygens (including phenoxy) is 1. The van der Waals surface area contributed by atoms with Gasteiger partial charge in [0.15, 0.2) is 0 Å². The summed E-state index contributed by atoms with van der Waals surface area (Å²) in [7, 11) is 1.68. The fraction of sp³-hybridized carbons (Fsp3) is 0.438. The first-order valence-corrected chi connectivity index (χ1v) is 7.05. The third kappa shape index (κ3) is 3.61. The minimum atomic E-state index is 0.236. The number of pyridine rings is 1. The van der Waals surface area contributed by atoms with Crippen molar-refractivity contribution in [1.29, 1.82) is 0 Å². The predicted octanol–water partition coefficient (Wildman–Crippen LogP) is 3.17. The second-order valence-corrected chi connectivity index (χ2v) is 5.35. The standard InChI is InChI=1S/C16H23N3O/c1-11(17)6-7-12(2)19-15-10-14(20-3)9-13-5-4-8-18-16(13)15/h4-5,8-12,19H,6-7,17H2,1-3H3/t11?,12-/m1/s1. The van der Waals surface area contributed by atoms with Gasteiger partial charge in [0.05, 0.1) is 18.3 Å². The maximum atomic E-state index is 5.81. The molecule has 0 amide bonds. The quantitative estimate of drug-likeness (QED) is 0.848. The molecule has 2 rings (SSSR count). The molecule has 4 heteroatoms. The van der Waals surface area contributed by atoms with Gasteiger partial charge in [-0.15, -0.1) is 0 Å². The van der Waals surface area contributed by atoms with E-state index in [9.17, 15) is 0 Å². The van der Waals surface area contributed by atoms with Gasteiger partial charge in [0.25, 0.3) is 0 Å². The number of hydrogen-bond acceptors (Lipinski definition) is 4. The topological polar surface area (TPSA) is 60.2 Å². The molecule has 108 valence electrons. The number of nitrogens with two attached hydrogens (primary N) is 1. The Morgan fingerprint density at radius 1 is 1.30 bits per heavy atom. The molecule has 0 aliphatic rings.